The van der Waals surface area contributed by atoms with E-state index in [0.29, 0.717) is 19.7 Å². The number of unbranched alkanes of at least 4 members (excludes halogenated alkanes) is 3. The number of hydrogen-bond donors (Lipinski definition) is 2. The van der Waals surface area contributed by atoms with Crippen molar-refractivity contribution in [2.75, 3.05) is 32.1 Å². The highest BCUT2D eigenvalue weighted by Crippen LogP contribution is 1.97. The molecule has 0 spiro atoms. The molecule has 0 atom stereocenters. The molecular weight excluding hydrogens is 228 g/mol. The first-order chi connectivity index (χ1) is 7.62. The summed E-state index contributed by atoms with van der Waals surface area (Å²) in [6, 6.07) is 0. The van der Waals surface area contributed by atoms with Crippen LogP contribution in [-0.2, 0) is 14.8 Å². The van der Waals surface area contributed by atoms with Crippen molar-refractivity contribution in [1.82, 2.24) is 4.72 Å². The number of nitrogens with two attached hydrogens (primary N) is 1. The normalized spacial score (nSPS) is 11.9. The van der Waals surface area contributed by atoms with E-state index in [1.165, 1.54) is 0 Å². The fourth-order valence-electron chi connectivity index (χ4n) is 1.24. The quantitative estimate of drug-likeness (QED) is 0.523. The molecule has 5 nitrogen and oxygen atoms in total. The molecule has 0 aromatic heterocycles. The first-order valence-electron chi connectivity index (χ1n) is 5.87. The lowest BCUT2D eigenvalue weighted by Gasteiger charge is -2.06. The van der Waals surface area contributed by atoms with Gasteiger partial charge in [0.2, 0.25) is 10.0 Å². The molecule has 6 heteroatoms. The number of sulfonamides is 1. The summed E-state index contributed by atoms with van der Waals surface area (Å²) < 4.78 is 30.3. The predicted octanol–water partition coefficient (Wildman–Crippen LogP) is 0.461. The summed E-state index contributed by atoms with van der Waals surface area (Å²) in [4.78, 5) is 0. The minimum absolute atomic E-state index is 0.0453. The van der Waals surface area contributed by atoms with Gasteiger partial charge in [-0.1, -0.05) is 12.8 Å². The van der Waals surface area contributed by atoms with Crippen molar-refractivity contribution >= 4 is 10.0 Å². The maximum Gasteiger partial charge on any atom is 0.213 e. The largest absolute Gasteiger partial charge is 0.381 e. The Morgan fingerprint density at radius 1 is 1.19 bits per heavy atom. The van der Waals surface area contributed by atoms with E-state index in [1.807, 2.05) is 6.92 Å². The molecule has 0 rings (SSSR count). The fourth-order valence-corrected chi connectivity index (χ4v) is 2.17. The zero-order chi connectivity index (χ0) is 12.3. The molecule has 0 aromatic carbocycles. The van der Waals surface area contributed by atoms with Gasteiger partial charge in [-0.15, -0.1) is 0 Å². The summed E-state index contributed by atoms with van der Waals surface area (Å²) >= 11 is 0. The van der Waals surface area contributed by atoms with E-state index in [4.69, 9.17) is 10.5 Å². The topological polar surface area (TPSA) is 81.4 Å². The van der Waals surface area contributed by atoms with E-state index in [1.54, 1.807) is 0 Å². The predicted molar refractivity (Wildman–Crippen MR) is 65.8 cm³/mol. The number of ether oxygens (including phenoxy) is 1. The second-order valence-corrected chi connectivity index (χ2v) is 5.54. The molecule has 0 aliphatic heterocycles. The average molecular weight is 252 g/mol. The van der Waals surface area contributed by atoms with E-state index < -0.39 is 10.0 Å². The molecule has 0 unspecified atom stereocenters. The van der Waals surface area contributed by atoms with Crippen LogP contribution in [0.2, 0.25) is 0 Å². The van der Waals surface area contributed by atoms with Crippen LogP contribution in [0, 0.1) is 0 Å². The van der Waals surface area contributed by atoms with Gasteiger partial charge >= 0.3 is 0 Å². The van der Waals surface area contributed by atoms with Crippen LogP contribution in [0.25, 0.3) is 0 Å². The van der Waals surface area contributed by atoms with E-state index >= 15 is 0 Å². The zero-order valence-corrected chi connectivity index (χ0v) is 10.9. The molecule has 0 saturated heterocycles. The molecule has 16 heavy (non-hydrogen) atoms. The van der Waals surface area contributed by atoms with Crippen LogP contribution in [0.3, 0.4) is 0 Å². The molecule has 0 heterocycles. The fraction of sp³-hybridized carbons (Fsp3) is 1.00. The Hall–Kier alpha value is -0.170. The van der Waals surface area contributed by atoms with Crippen LogP contribution in [0.5, 0.6) is 0 Å². The SMILES string of the molecule is CCOCCS(=O)(=O)NCCCCCCN. The molecule has 3 N–H and O–H groups in total. The van der Waals surface area contributed by atoms with Gasteiger partial charge < -0.3 is 10.5 Å². The Bertz CT molecular complexity index is 242. The van der Waals surface area contributed by atoms with Gasteiger partial charge in [0, 0.05) is 13.2 Å². The molecule has 98 valence electrons. The van der Waals surface area contributed by atoms with Crippen LogP contribution in [0.15, 0.2) is 0 Å². The summed E-state index contributed by atoms with van der Waals surface area (Å²) in [5.74, 6) is 0.0453. The average Bonchev–Trinajstić information content (AvgIpc) is 2.23. The van der Waals surface area contributed by atoms with Crippen LogP contribution in [0.1, 0.15) is 32.6 Å². The summed E-state index contributed by atoms with van der Waals surface area (Å²) in [6.07, 6.45) is 3.97. The third-order valence-electron chi connectivity index (χ3n) is 2.15. The van der Waals surface area contributed by atoms with Gasteiger partial charge in [0.05, 0.1) is 12.4 Å². The van der Waals surface area contributed by atoms with Gasteiger partial charge in [0.1, 0.15) is 0 Å². The summed E-state index contributed by atoms with van der Waals surface area (Å²) in [7, 11) is -3.15. The second-order valence-electron chi connectivity index (χ2n) is 3.61. The maximum absolute atomic E-state index is 11.4. The van der Waals surface area contributed by atoms with Crippen molar-refractivity contribution in [3.05, 3.63) is 0 Å². The lowest BCUT2D eigenvalue weighted by molar-refractivity contribution is 0.163. The van der Waals surface area contributed by atoms with Crippen LogP contribution in [0.4, 0.5) is 0 Å². The summed E-state index contributed by atoms with van der Waals surface area (Å²) in [5.41, 5.74) is 5.36. The first-order valence-corrected chi connectivity index (χ1v) is 7.52. The number of rotatable bonds is 11. The highest BCUT2D eigenvalue weighted by Gasteiger charge is 2.08. The number of hydrogen-bond acceptors (Lipinski definition) is 4. The molecule has 0 fully saturated rings. The Morgan fingerprint density at radius 2 is 1.88 bits per heavy atom. The third kappa shape index (κ3) is 10.4. The zero-order valence-electron chi connectivity index (χ0n) is 10.1. The maximum atomic E-state index is 11.4. The monoisotopic (exact) mass is 252 g/mol. The molecular formula is C10H24N2O3S. The van der Waals surface area contributed by atoms with Crippen molar-refractivity contribution in [3.63, 3.8) is 0 Å². The van der Waals surface area contributed by atoms with E-state index in [9.17, 15) is 8.42 Å². The van der Waals surface area contributed by atoms with Crippen molar-refractivity contribution in [1.29, 1.82) is 0 Å². The van der Waals surface area contributed by atoms with Gasteiger partial charge in [0.15, 0.2) is 0 Å². The lowest BCUT2D eigenvalue weighted by atomic mass is 10.2. The van der Waals surface area contributed by atoms with E-state index in [2.05, 4.69) is 4.72 Å². The first kappa shape index (κ1) is 15.8. The number of nitrogens with one attached hydrogen (secondary N) is 1. The molecule has 0 bridgehead atoms. The molecule has 0 aliphatic rings. The molecule has 0 saturated carbocycles. The minimum atomic E-state index is -3.15. The molecule has 0 aromatic rings. The van der Waals surface area contributed by atoms with Gasteiger partial charge in [-0.3, -0.25) is 0 Å². The van der Waals surface area contributed by atoms with Gasteiger partial charge in [-0.2, -0.15) is 0 Å². The Balaban J connectivity index is 3.43. The van der Waals surface area contributed by atoms with E-state index in [-0.39, 0.29) is 12.4 Å². The second kappa shape index (κ2) is 10.0. The van der Waals surface area contributed by atoms with E-state index in [0.717, 1.165) is 25.7 Å². The standard InChI is InChI=1S/C10H24N2O3S/c1-2-15-9-10-16(13,14)12-8-6-4-3-5-7-11/h12H,2-11H2,1H3. The van der Waals surface area contributed by atoms with Crippen molar-refractivity contribution < 1.29 is 13.2 Å². The molecule has 0 aliphatic carbocycles. The minimum Gasteiger partial charge on any atom is -0.381 e. The highest BCUT2D eigenvalue weighted by atomic mass is 32.2. The van der Waals surface area contributed by atoms with Crippen molar-refractivity contribution in [3.8, 4) is 0 Å². The third-order valence-corrected chi connectivity index (χ3v) is 3.50. The van der Waals surface area contributed by atoms with Gasteiger partial charge in [-0.25, -0.2) is 13.1 Å². The van der Waals surface area contributed by atoms with Crippen molar-refractivity contribution in [2.45, 2.75) is 32.6 Å². The molecule has 0 radical (unpaired) electrons. The van der Waals surface area contributed by atoms with Crippen molar-refractivity contribution in [2.24, 2.45) is 5.73 Å². The van der Waals surface area contributed by atoms with Crippen LogP contribution in [-0.4, -0.2) is 40.5 Å². The summed E-state index contributed by atoms with van der Waals surface area (Å²) in [5, 5.41) is 0. The Morgan fingerprint density at radius 3 is 2.50 bits per heavy atom. The molecule has 0 amide bonds. The van der Waals surface area contributed by atoms with Gasteiger partial charge in [0.25, 0.3) is 0 Å². The Kier molecular flexibility index (Phi) is 9.91. The summed E-state index contributed by atoms with van der Waals surface area (Å²) in [6.45, 7) is 3.88. The Labute approximate surface area is 98.8 Å². The lowest BCUT2D eigenvalue weighted by Crippen LogP contribution is -2.29. The van der Waals surface area contributed by atoms with Gasteiger partial charge in [-0.05, 0) is 26.3 Å². The van der Waals surface area contributed by atoms with Crippen LogP contribution >= 0.6 is 0 Å². The highest BCUT2D eigenvalue weighted by molar-refractivity contribution is 7.89. The smallest absolute Gasteiger partial charge is 0.213 e. The van der Waals surface area contributed by atoms with Crippen LogP contribution < -0.4 is 10.5 Å².